The first-order valence-corrected chi connectivity index (χ1v) is 11.1. The average molecular weight is 443 g/mol. The highest BCUT2D eigenvalue weighted by Crippen LogP contribution is 2.24. The van der Waals surface area contributed by atoms with Crippen molar-refractivity contribution in [2.24, 2.45) is 0 Å². The largest absolute Gasteiger partial charge is 0.296 e. The standard InChI is InChI=1S/C25H22N4O2S/c1-17-3-5-19(6-4-17)15-32-25-28-24(31)22(11-20-12-26-16-27-13-20)14-29(25)23-9-7-21(8-10-23)18(2)30/h3-10,12-14,16H,11,15H2,1-2H3. The summed E-state index contributed by atoms with van der Waals surface area (Å²) in [6.07, 6.45) is 7.06. The molecule has 0 aliphatic rings. The summed E-state index contributed by atoms with van der Waals surface area (Å²) in [5.74, 6) is 0.692. The maximum absolute atomic E-state index is 12.8. The Morgan fingerprint density at radius 3 is 2.31 bits per heavy atom. The number of nitrogens with zero attached hydrogens (tertiary/aromatic N) is 4. The third-order valence-corrected chi connectivity index (χ3v) is 6.04. The fraction of sp³-hybridized carbons (Fsp3) is 0.160. The van der Waals surface area contributed by atoms with Crippen molar-refractivity contribution in [3.05, 3.63) is 112 Å². The second-order valence-electron chi connectivity index (χ2n) is 7.52. The van der Waals surface area contributed by atoms with Crippen molar-refractivity contribution in [1.29, 1.82) is 0 Å². The molecule has 0 saturated carbocycles. The minimum Gasteiger partial charge on any atom is -0.296 e. The normalized spacial score (nSPS) is 10.8. The number of aryl methyl sites for hydroxylation is 1. The molecule has 2 aromatic carbocycles. The van der Waals surface area contributed by atoms with Gasteiger partial charge in [0.15, 0.2) is 10.9 Å². The Balaban J connectivity index is 1.71. The second kappa shape index (κ2) is 9.70. The molecule has 0 N–H and O–H groups in total. The van der Waals surface area contributed by atoms with Gasteiger partial charge in [0, 0.05) is 47.6 Å². The molecule has 2 aromatic heterocycles. The van der Waals surface area contributed by atoms with Crippen LogP contribution in [0.1, 0.15) is 39.5 Å². The van der Waals surface area contributed by atoms with Crippen molar-refractivity contribution in [1.82, 2.24) is 19.5 Å². The molecule has 0 amide bonds. The Morgan fingerprint density at radius 2 is 1.66 bits per heavy atom. The maximum atomic E-state index is 12.8. The molecule has 0 saturated heterocycles. The molecular weight excluding hydrogens is 420 g/mol. The van der Waals surface area contributed by atoms with Crippen LogP contribution in [0.4, 0.5) is 0 Å². The van der Waals surface area contributed by atoms with Crippen molar-refractivity contribution in [2.45, 2.75) is 31.2 Å². The van der Waals surface area contributed by atoms with Crippen molar-refractivity contribution in [2.75, 3.05) is 0 Å². The molecule has 0 aliphatic heterocycles. The van der Waals surface area contributed by atoms with Crippen LogP contribution in [0.2, 0.25) is 0 Å². The van der Waals surface area contributed by atoms with E-state index in [4.69, 9.17) is 0 Å². The van der Waals surface area contributed by atoms with Gasteiger partial charge in [-0.3, -0.25) is 14.2 Å². The number of thioether (sulfide) groups is 1. The zero-order valence-electron chi connectivity index (χ0n) is 17.9. The van der Waals surface area contributed by atoms with E-state index in [2.05, 4.69) is 46.1 Å². The van der Waals surface area contributed by atoms with Crippen molar-refractivity contribution in [3.8, 4) is 5.69 Å². The fourth-order valence-corrected chi connectivity index (χ4v) is 4.15. The first-order valence-electron chi connectivity index (χ1n) is 10.2. The molecule has 0 spiro atoms. The van der Waals surface area contributed by atoms with Gasteiger partial charge in [-0.2, -0.15) is 4.98 Å². The zero-order valence-corrected chi connectivity index (χ0v) is 18.7. The molecule has 4 rings (SSSR count). The van der Waals surface area contributed by atoms with Gasteiger partial charge in [-0.15, -0.1) is 0 Å². The summed E-state index contributed by atoms with van der Waals surface area (Å²) in [7, 11) is 0. The van der Waals surface area contributed by atoms with E-state index in [0.29, 0.717) is 28.5 Å². The van der Waals surface area contributed by atoms with Crippen molar-refractivity contribution >= 4 is 17.5 Å². The van der Waals surface area contributed by atoms with Crippen LogP contribution in [0, 0.1) is 6.92 Å². The van der Waals surface area contributed by atoms with E-state index in [9.17, 15) is 9.59 Å². The van der Waals surface area contributed by atoms with Gasteiger partial charge >= 0.3 is 0 Å². The predicted octanol–water partition coefficient (Wildman–Crippen LogP) is 4.42. The maximum Gasteiger partial charge on any atom is 0.277 e. The first-order chi connectivity index (χ1) is 15.5. The monoisotopic (exact) mass is 442 g/mol. The molecule has 4 aromatic rings. The van der Waals surface area contributed by atoms with Crippen LogP contribution in [0.5, 0.6) is 0 Å². The van der Waals surface area contributed by atoms with E-state index in [1.54, 1.807) is 31.5 Å². The zero-order chi connectivity index (χ0) is 22.5. The number of hydrogen-bond acceptors (Lipinski definition) is 6. The lowest BCUT2D eigenvalue weighted by atomic mass is 10.1. The number of ketones is 1. The Hall–Kier alpha value is -3.58. The van der Waals surface area contributed by atoms with E-state index in [-0.39, 0.29) is 11.3 Å². The summed E-state index contributed by atoms with van der Waals surface area (Å²) in [5, 5.41) is 0.596. The van der Waals surface area contributed by atoms with E-state index in [1.807, 2.05) is 22.9 Å². The molecule has 0 aliphatic carbocycles. The Bertz CT molecular complexity index is 1280. The molecule has 0 fully saturated rings. The number of carbonyl (C=O) groups is 1. The van der Waals surface area contributed by atoms with E-state index >= 15 is 0 Å². The Kier molecular flexibility index (Phi) is 6.56. The Morgan fingerprint density at radius 1 is 0.969 bits per heavy atom. The van der Waals surface area contributed by atoms with Crippen LogP contribution >= 0.6 is 11.8 Å². The number of carbonyl (C=O) groups excluding carboxylic acids is 1. The van der Waals surface area contributed by atoms with E-state index in [1.165, 1.54) is 23.7 Å². The van der Waals surface area contributed by atoms with E-state index < -0.39 is 0 Å². The van der Waals surface area contributed by atoms with Gasteiger partial charge in [0.2, 0.25) is 0 Å². The summed E-state index contributed by atoms with van der Waals surface area (Å²) in [5.41, 5.74) is 4.95. The van der Waals surface area contributed by atoms with Gasteiger partial charge in [-0.05, 0) is 49.2 Å². The highest BCUT2D eigenvalue weighted by atomic mass is 32.2. The molecule has 0 bridgehead atoms. The highest BCUT2D eigenvalue weighted by Gasteiger charge is 2.13. The lowest BCUT2D eigenvalue weighted by Crippen LogP contribution is -2.19. The molecular formula is C25H22N4O2S. The topological polar surface area (TPSA) is 77.7 Å². The summed E-state index contributed by atoms with van der Waals surface area (Å²) >= 11 is 1.50. The minimum absolute atomic E-state index is 0.00770. The Labute approximate surface area is 190 Å². The number of aromatic nitrogens is 4. The van der Waals surface area contributed by atoms with Gasteiger partial charge in [0.1, 0.15) is 6.33 Å². The summed E-state index contributed by atoms with van der Waals surface area (Å²) in [6, 6.07) is 15.6. The highest BCUT2D eigenvalue weighted by molar-refractivity contribution is 7.98. The quantitative estimate of drug-likeness (QED) is 0.240. The summed E-state index contributed by atoms with van der Waals surface area (Å²) in [4.78, 5) is 36.9. The molecule has 0 radical (unpaired) electrons. The minimum atomic E-state index is -0.267. The molecule has 2 heterocycles. The molecule has 160 valence electrons. The van der Waals surface area contributed by atoms with E-state index in [0.717, 1.165) is 16.8 Å². The smallest absolute Gasteiger partial charge is 0.277 e. The average Bonchev–Trinajstić information content (AvgIpc) is 2.81. The van der Waals surface area contributed by atoms with Crippen LogP contribution in [-0.2, 0) is 12.2 Å². The van der Waals surface area contributed by atoms with Crippen LogP contribution in [0.15, 0.2) is 83.4 Å². The van der Waals surface area contributed by atoms with Crippen molar-refractivity contribution in [3.63, 3.8) is 0 Å². The first kappa shape index (κ1) is 21.6. The molecule has 32 heavy (non-hydrogen) atoms. The number of benzene rings is 2. The molecule has 0 unspecified atom stereocenters. The summed E-state index contributed by atoms with van der Waals surface area (Å²) < 4.78 is 1.91. The van der Waals surface area contributed by atoms with Crippen LogP contribution in [0.3, 0.4) is 0 Å². The number of rotatable bonds is 7. The van der Waals surface area contributed by atoms with Gasteiger partial charge in [-0.25, -0.2) is 9.97 Å². The van der Waals surface area contributed by atoms with Crippen LogP contribution < -0.4 is 5.56 Å². The number of hydrogen-bond donors (Lipinski definition) is 0. The third kappa shape index (κ3) is 5.18. The molecule has 7 heteroatoms. The van der Waals surface area contributed by atoms with Crippen LogP contribution in [0.25, 0.3) is 5.69 Å². The van der Waals surface area contributed by atoms with Crippen molar-refractivity contribution < 1.29 is 4.79 Å². The van der Waals surface area contributed by atoms with Gasteiger partial charge in [0.05, 0.1) is 0 Å². The lowest BCUT2D eigenvalue weighted by molar-refractivity contribution is 0.101. The second-order valence-corrected chi connectivity index (χ2v) is 8.47. The molecule has 6 nitrogen and oxygen atoms in total. The summed E-state index contributed by atoms with van der Waals surface area (Å²) in [6.45, 7) is 3.59. The van der Waals surface area contributed by atoms with Crippen LogP contribution in [-0.4, -0.2) is 25.3 Å². The third-order valence-electron chi connectivity index (χ3n) is 5.01. The number of Topliss-reactive ketones (excluding diaryl/α,β-unsaturated/α-hetero) is 1. The van der Waals surface area contributed by atoms with Gasteiger partial charge < -0.3 is 0 Å². The van der Waals surface area contributed by atoms with Gasteiger partial charge in [-0.1, -0.05) is 41.6 Å². The van der Waals surface area contributed by atoms with Gasteiger partial charge in [0.25, 0.3) is 5.56 Å². The lowest BCUT2D eigenvalue weighted by Gasteiger charge is -2.14. The fourth-order valence-electron chi connectivity index (χ4n) is 3.22. The molecule has 0 atom stereocenters. The predicted molar refractivity (Wildman–Crippen MR) is 125 cm³/mol. The SMILES string of the molecule is CC(=O)c1ccc(-n2cc(Cc3cncnc3)c(=O)nc2SCc2ccc(C)cc2)cc1.